The van der Waals surface area contributed by atoms with Gasteiger partial charge in [0.05, 0.1) is 29.4 Å². The largest absolute Gasteiger partial charge is 0.396 e. The van der Waals surface area contributed by atoms with E-state index < -0.39 is 5.41 Å². The van der Waals surface area contributed by atoms with Gasteiger partial charge in [0.1, 0.15) is 11.5 Å². The van der Waals surface area contributed by atoms with Gasteiger partial charge in [-0.1, -0.05) is 42.8 Å². The van der Waals surface area contributed by atoms with Crippen LogP contribution in [0, 0.1) is 11.2 Å². The third-order valence-corrected chi connectivity index (χ3v) is 5.88. The molecule has 2 N–H and O–H groups in total. The van der Waals surface area contributed by atoms with E-state index in [1.807, 2.05) is 24.3 Å². The average molecular weight is 453 g/mol. The molecule has 0 aliphatic heterocycles. The Morgan fingerprint density at radius 1 is 1.06 bits per heavy atom. The molecule has 7 heteroatoms. The zero-order valence-electron chi connectivity index (χ0n) is 17.4. The molecule has 0 fully saturated rings. The van der Waals surface area contributed by atoms with Crippen LogP contribution in [0.1, 0.15) is 23.7 Å². The summed E-state index contributed by atoms with van der Waals surface area (Å²) in [4.78, 5) is 12.9. The number of fused-ring (bicyclic) bond motifs is 1. The van der Waals surface area contributed by atoms with Crippen molar-refractivity contribution in [1.29, 1.82) is 0 Å². The summed E-state index contributed by atoms with van der Waals surface area (Å²) in [5.41, 5.74) is 2.20. The first kappa shape index (κ1) is 22.1. The van der Waals surface area contributed by atoms with Crippen molar-refractivity contribution in [3.63, 3.8) is 0 Å². The highest BCUT2D eigenvalue weighted by molar-refractivity contribution is 6.33. The summed E-state index contributed by atoms with van der Waals surface area (Å²) in [6, 6.07) is 18.5. The molecular formula is C25H22ClFN2O3. The molecule has 5 nitrogen and oxygen atoms in total. The van der Waals surface area contributed by atoms with Crippen LogP contribution in [0.2, 0.25) is 5.02 Å². The molecule has 4 rings (SSSR count). The average Bonchev–Trinajstić information content (AvgIpc) is 3.18. The van der Waals surface area contributed by atoms with Gasteiger partial charge in [0.25, 0.3) is 0 Å². The van der Waals surface area contributed by atoms with Crippen molar-refractivity contribution >= 4 is 28.3 Å². The standard InChI is InChI=1S/C25H22ClFN2O3/c1-25(14-30,15-31)13-23(32)16-6-11-20-22(12-16)29(18-9-7-17(27)8-10-18)28-24(20)19-4-2-3-5-21(19)26/h2-12,30-31H,13-15H2,1H3. The SMILES string of the molecule is CC(CO)(CO)CC(=O)c1ccc2c(-c3ccccc3Cl)nn(-c3ccc(F)cc3)c2c1. The number of Topliss-reactive ketones (excluding diaryl/α,β-unsaturated/α-hetero) is 1. The van der Waals surface area contributed by atoms with Crippen LogP contribution in [0.4, 0.5) is 4.39 Å². The van der Waals surface area contributed by atoms with Crippen LogP contribution in [0.5, 0.6) is 0 Å². The molecule has 1 aromatic heterocycles. The van der Waals surface area contributed by atoms with Crippen LogP contribution in [0.3, 0.4) is 0 Å². The minimum Gasteiger partial charge on any atom is -0.396 e. The third-order valence-electron chi connectivity index (χ3n) is 5.55. The van der Waals surface area contributed by atoms with Crippen LogP contribution in [0.15, 0.2) is 66.7 Å². The van der Waals surface area contributed by atoms with Crippen molar-refractivity contribution in [2.45, 2.75) is 13.3 Å². The number of ketones is 1. The molecule has 0 saturated carbocycles. The molecule has 0 radical (unpaired) electrons. The Hall–Kier alpha value is -3.06. The van der Waals surface area contributed by atoms with Gasteiger partial charge in [0.15, 0.2) is 5.78 Å². The highest BCUT2D eigenvalue weighted by Gasteiger charge is 2.27. The topological polar surface area (TPSA) is 75.3 Å². The second-order valence-electron chi connectivity index (χ2n) is 8.18. The van der Waals surface area contributed by atoms with E-state index in [-0.39, 0.29) is 31.2 Å². The van der Waals surface area contributed by atoms with Crippen molar-refractivity contribution in [1.82, 2.24) is 9.78 Å². The summed E-state index contributed by atoms with van der Waals surface area (Å²) < 4.78 is 15.2. The lowest BCUT2D eigenvalue weighted by molar-refractivity contribution is 0.0542. The molecule has 32 heavy (non-hydrogen) atoms. The van der Waals surface area contributed by atoms with Gasteiger partial charge in [-0.05, 0) is 42.5 Å². The maximum Gasteiger partial charge on any atom is 0.163 e. The van der Waals surface area contributed by atoms with Crippen molar-refractivity contribution in [2.75, 3.05) is 13.2 Å². The zero-order chi connectivity index (χ0) is 22.9. The fraction of sp³-hybridized carbons (Fsp3) is 0.200. The molecule has 0 unspecified atom stereocenters. The Bertz CT molecular complexity index is 1280. The van der Waals surface area contributed by atoms with E-state index in [1.165, 1.54) is 12.1 Å². The van der Waals surface area contributed by atoms with Gasteiger partial charge in [-0.25, -0.2) is 9.07 Å². The van der Waals surface area contributed by atoms with Crippen LogP contribution < -0.4 is 0 Å². The molecule has 4 aromatic rings. The van der Waals surface area contributed by atoms with E-state index in [4.69, 9.17) is 16.7 Å². The molecule has 0 spiro atoms. The number of aromatic nitrogens is 2. The van der Waals surface area contributed by atoms with Crippen LogP contribution >= 0.6 is 11.6 Å². The Morgan fingerprint density at radius 3 is 2.41 bits per heavy atom. The third kappa shape index (κ3) is 4.17. The molecule has 1 heterocycles. The quantitative estimate of drug-likeness (QED) is 0.385. The predicted octanol–water partition coefficient (Wildman–Crippen LogP) is 5.05. The Kier molecular flexibility index (Phi) is 6.11. The van der Waals surface area contributed by atoms with E-state index in [9.17, 15) is 19.4 Å². The number of halogens is 2. The van der Waals surface area contributed by atoms with E-state index in [0.29, 0.717) is 27.5 Å². The molecular weight excluding hydrogens is 431 g/mol. The van der Waals surface area contributed by atoms with E-state index >= 15 is 0 Å². The maximum absolute atomic E-state index is 13.5. The smallest absolute Gasteiger partial charge is 0.163 e. The highest BCUT2D eigenvalue weighted by atomic mass is 35.5. The van der Waals surface area contributed by atoms with Gasteiger partial charge in [0.2, 0.25) is 0 Å². The van der Waals surface area contributed by atoms with Crippen LogP contribution in [0.25, 0.3) is 27.8 Å². The molecule has 3 aromatic carbocycles. The van der Waals surface area contributed by atoms with E-state index in [2.05, 4.69) is 0 Å². The molecule has 0 aliphatic rings. The van der Waals surface area contributed by atoms with Gasteiger partial charge in [-0.15, -0.1) is 0 Å². The summed E-state index contributed by atoms with van der Waals surface area (Å²) >= 11 is 6.42. The predicted molar refractivity (Wildman–Crippen MR) is 123 cm³/mol. The highest BCUT2D eigenvalue weighted by Crippen LogP contribution is 2.35. The van der Waals surface area contributed by atoms with E-state index in [1.54, 1.807) is 41.9 Å². The fourth-order valence-corrected chi connectivity index (χ4v) is 3.80. The van der Waals surface area contributed by atoms with Crippen molar-refractivity contribution in [2.24, 2.45) is 5.41 Å². The normalized spacial score (nSPS) is 11.8. The summed E-state index contributed by atoms with van der Waals surface area (Å²) in [6.07, 6.45) is -0.00639. The van der Waals surface area contributed by atoms with Gasteiger partial charge in [-0.2, -0.15) is 5.10 Å². The summed E-state index contributed by atoms with van der Waals surface area (Å²) in [5.74, 6) is -0.566. The number of aliphatic hydroxyl groups is 2. The first-order chi connectivity index (χ1) is 15.3. The first-order valence-electron chi connectivity index (χ1n) is 10.1. The number of aliphatic hydroxyl groups excluding tert-OH is 2. The molecule has 0 saturated heterocycles. The van der Waals surface area contributed by atoms with Crippen LogP contribution in [-0.2, 0) is 0 Å². The molecule has 0 bridgehead atoms. The molecule has 0 atom stereocenters. The number of carbonyl (C=O) groups is 1. The number of rotatable bonds is 7. The zero-order valence-corrected chi connectivity index (χ0v) is 18.2. The molecule has 164 valence electrons. The number of hydrogen-bond donors (Lipinski definition) is 2. The second kappa shape index (κ2) is 8.82. The minimum atomic E-state index is -0.911. The molecule has 0 amide bonds. The fourth-order valence-electron chi connectivity index (χ4n) is 3.57. The Labute approximate surface area is 189 Å². The summed E-state index contributed by atoms with van der Waals surface area (Å²) in [6.45, 7) is 1.05. The van der Waals surface area contributed by atoms with Crippen LogP contribution in [-0.4, -0.2) is 39.0 Å². The van der Waals surface area contributed by atoms with Crippen molar-refractivity contribution < 1.29 is 19.4 Å². The summed E-state index contributed by atoms with van der Waals surface area (Å²) in [5, 5.41) is 25.2. The maximum atomic E-state index is 13.5. The number of carbonyl (C=O) groups excluding carboxylic acids is 1. The number of benzene rings is 3. The van der Waals surface area contributed by atoms with Crippen molar-refractivity contribution in [3.05, 3.63) is 83.1 Å². The number of hydrogen-bond acceptors (Lipinski definition) is 4. The van der Waals surface area contributed by atoms with Gasteiger partial charge < -0.3 is 10.2 Å². The lowest BCUT2D eigenvalue weighted by atomic mass is 9.85. The Balaban J connectivity index is 1.88. The minimum absolute atomic E-state index is 0.00639. The monoisotopic (exact) mass is 452 g/mol. The second-order valence-corrected chi connectivity index (χ2v) is 8.58. The van der Waals surface area contributed by atoms with Gasteiger partial charge in [0, 0.05) is 28.3 Å². The van der Waals surface area contributed by atoms with Gasteiger partial charge in [-0.3, -0.25) is 4.79 Å². The van der Waals surface area contributed by atoms with Gasteiger partial charge >= 0.3 is 0 Å². The lowest BCUT2D eigenvalue weighted by Crippen LogP contribution is -2.29. The summed E-state index contributed by atoms with van der Waals surface area (Å²) in [7, 11) is 0. The first-order valence-corrected chi connectivity index (χ1v) is 10.5. The number of nitrogens with zero attached hydrogens (tertiary/aromatic N) is 2. The molecule has 0 aliphatic carbocycles. The van der Waals surface area contributed by atoms with E-state index in [0.717, 1.165) is 10.9 Å². The lowest BCUT2D eigenvalue weighted by Gasteiger charge is -2.23. The Morgan fingerprint density at radius 2 is 1.75 bits per heavy atom. The van der Waals surface area contributed by atoms with Crippen molar-refractivity contribution in [3.8, 4) is 16.9 Å².